The van der Waals surface area contributed by atoms with Crippen LogP contribution in [-0.2, 0) is 28.6 Å². The minimum Gasteiger partial charge on any atom is -0.458 e. The van der Waals surface area contributed by atoms with Crippen LogP contribution in [0.3, 0.4) is 0 Å². The van der Waals surface area contributed by atoms with Crippen LogP contribution in [0.25, 0.3) is 0 Å². The smallest absolute Gasteiger partial charge is 0.334 e. The summed E-state index contributed by atoms with van der Waals surface area (Å²) in [6.45, 7) is 12.6. The van der Waals surface area contributed by atoms with Gasteiger partial charge >= 0.3 is 11.9 Å². The molecule has 0 bridgehead atoms. The van der Waals surface area contributed by atoms with Crippen LogP contribution in [0.4, 0.5) is 0 Å². The molecule has 27 heavy (non-hydrogen) atoms. The molecular weight excluding hydrogens is 352 g/mol. The summed E-state index contributed by atoms with van der Waals surface area (Å²) in [6, 6.07) is 0. The molecule has 2 aliphatic heterocycles. The Hall–Kier alpha value is -2.25. The Morgan fingerprint density at radius 3 is 2.63 bits per heavy atom. The lowest BCUT2D eigenvalue weighted by atomic mass is 9.79. The standard InChI is InChI=1S/C20H24O7/c1-6-9(2)18(23)26-17-10(3)12(21)7-14-20(5,27-14)8-13-15(16(17)22)11(4)19(24)25-13/h6,13-17,22H,3-4,7-8H2,1-2,5H3/b9-6-/t13-,14+,15+,16-,17-,20-/m1/s1. The van der Waals surface area contributed by atoms with Crippen LogP contribution in [-0.4, -0.2) is 52.8 Å². The molecule has 1 saturated carbocycles. The summed E-state index contributed by atoms with van der Waals surface area (Å²) in [7, 11) is 0. The number of carbonyl (C=O) groups excluding carboxylic acids is 3. The molecule has 0 aromatic heterocycles. The third-order valence-corrected chi connectivity index (χ3v) is 5.70. The Labute approximate surface area is 157 Å². The van der Waals surface area contributed by atoms with Gasteiger partial charge in [0.2, 0.25) is 0 Å². The molecule has 3 rings (SSSR count). The molecule has 146 valence electrons. The first-order valence-electron chi connectivity index (χ1n) is 8.90. The molecule has 1 N–H and O–H groups in total. The number of hydrogen-bond donors (Lipinski definition) is 1. The maximum Gasteiger partial charge on any atom is 0.334 e. The second-order valence-electron chi connectivity index (χ2n) is 7.56. The third kappa shape index (κ3) is 3.37. The van der Waals surface area contributed by atoms with Crippen LogP contribution in [0.1, 0.15) is 33.6 Å². The van der Waals surface area contributed by atoms with Gasteiger partial charge in [0.1, 0.15) is 12.2 Å². The predicted octanol–water partition coefficient (Wildman–Crippen LogP) is 1.40. The number of hydrogen-bond acceptors (Lipinski definition) is 7. The van der Waals surface area contributed by atoms with Crippen molar-refractivity contribution in [2.45, 2.75) is 63.6 Å². The predicted molar refractivity (Wildman–Crippen MR) is 94.5 cm³/mol. The van der Waals surface area contributed by atoms with E-state index in [1.807, 2.05) is 6.92 Å². The summed E-state index contributed by atoms with van der Waals surface area (Å²) in [5.74, 6) is -2.47. The number of ketones is 1. The Kier molecular flexibility index (Phi) is 4.86. The van der Waals surface area contributed by atoms with E-state index in [-0.39, 0.29) is 29.5 Å². The van der Waals surface area contributed by atoms with Gasteiger partial charge in [0.15, 0.2) is 11.9 Å². The average molecular weight is 376 g/mol. The molecule has 3 aliphatic rings. The zero-order chi connectivity index (χ0) is 20.1. The van der Waals surface area contributed by atoms with Crippen molar-refractivity contribution in [1.82, 2.24) is 0 Å². The molecule has 0 aromatic carbocycles. The molecule has 0 spiro atoms. The van der Waals surface area contributed by atoms with Gasteiger partial charge in [0.05, 0.1) is 17.6 Å². The monoisotopic (exact) mass is 376 g/mol. The molecule has 1 aliphatic carbocycles. The number of ether oxygens (including phenoxy) is 3. The molecular formula is C20H24O7. The summed E-state index contributed by atoms with van der Waals surface area (Å²) in [4.78, 5) is 36.9. The van der Waals surface area contributed by atoms with Gasteiger partial charge in [-0.1, -0.05) is 19.2 Å². The van der Waals surface area contributed by atoms with Gasteiger partial charge < -0.3 is 19.3 Å². The second kappa shape index (κ2) is 6.73. The van der Waals surface area contributed by atoms with E-state index in [1.54, 1.807) is 19.9 Å². The largest absolute Gasteiger partial charge is 0.458 e. The zero-order valence-corrected chi connectivity index (χ0v) is 15.7. The van der Waals surface area contributed by atoms with Gasteiger partial charge in [-0.05, 0) is 20.8 Å². The van der Waals surface area contributed by atoms with E-state index in [4.69, 9.17) is 14.2 Å². The Morgan fingerprint density at radius 1 is 1.33 bits per heavy atom. The number of allylic oxidation sites excluding steroid dienone is 1. The number of carbonyl (C=O) groups is 3. The van der Waals surface area contributed by atoms with Crippen LogP contribution >= 0.6 is 0 Å². The molecule has 0 amide bonds. The highest BCUT2D eigenvalue weighted by Crippen LogP contribution is 2.48. The van der Waals surface area contributed by atoms with Crippen molar-refractivity contribution in [2.75, 3.05) is 0 Å². The van der Waals surface area contributed by atoms with Crippen LogP contribution in [0.15, 0.2) is 36.0 Å². The van der Waals surface area contributed by atoms with Crippen LogP contribution in [0.2, 0.25) is 0 Å². The normalized spacial score (nSPS) is 39.4. The van der Waals surface area contributed by atoms with Crippen molar-refractivity contribution in [1.29, 1.82) is 0 Å². The average Bonchev–Trinajstić information content (AvgIpc) is 3.15. The van der Waals surface area contributed by atoms with E-state index in [0.717, 1.165) is 0 Å². The first kappa shape index (κ1) is 19.5. The zero-order valence-electron chi connectivity index (χ0n) is 15.7. The van der Waals surface area contributed by atoms with Crippen LogP contribution in [0.5, 0.6) is 0 Å². The highest BCUT2D eigenvalue weighted by Gasteiger charge is 2.59. The van der Waals surface area contributed by atoms with Crippen LogP contribution < -0.4 is 0 Å². The third-order valence-electron chi connectivity index (χ3n) is 5.70. The van der Waals surface area contributed by atoms with Gasteiger partial charge in [0, 0.05) is 29.6 Å². The van der Waals surface area contributed by atoms with Gasteiger partial charge in [-0.25, -0.2) is 9.59 Å². The van der Waals surface area contributed by atoms with E-state index in [1.165, 1.54) is 0 Å². The molecule has 0 unspecified atom stereocenters. The summed E-state index contributed by atoms with van der Waals surface area (Å²) in [5.41, 5.74) is -0.246. The summed E-state index contributed by atoms with van der Waals surface area (Å²) >= 11 is 0. The number of Topliss-reactive ketones (excluding diaryl/α,β-unsaturated/α-hetero) is 1. The molecule has 0 aromatic rings. The van der Waals surface area contributed by atoms with E-state index in [9.17, 15) is 19.5 Å². The molecule has 2 heterocycles. The first-order chi connectivity index (χ1) is 12.6. The summed E-state index contributed by atoms with van der Waals surface area (Å²) in [6.07, 6.45) is -1.77. The Bertz CT molecular complexity index is 764. The Balaban J connectivity index is 1.97. The van der Waals surface area contributed by atoms with Gasteiger partial charge in [-0.3, -0.25) is 4.79 Å². The van der Waals surface area contributed by atoms with E-state index in [2.05, 4.69) is 13.2 Å². The van der Waals surface area contributed by atoms with E-state index < -0.39 is 41.8 Å². The molecule has 7 nitrogen and oxygen atoms in total. The number of fused-ring (bicyclic) bond motifs is 2. The Morgan fingerprint density at radius 2 is 2.00 bits per heavy atom. The molecule has 7 heteroatoms. The van der Waals surface area contributed by atoms with Crippen molar-refractivity contribution in [3.63, 3.8) is 0 Å². The second-order valence-corrected chi connectivity index (χ2v) is 7.56. The molecule has 3 fully saturated rings. The highest BCUT2D eigenvalue weighted by molar-refractivity contribution is 5.98. The van der Waals surface area contributed by atoms with E-state index >= 15 is 0 Å². The van der Waals surface area contributed by atoms with Gasteiger partial charge in [0.25, 0.3) is 0 Å². The number of rotatable bonds is 2. The summed E-state index contributed by atoms with van der Waals surface area (Å²) < 4.78 is 16.5. The molecule has 6 atom stereocenters. The van der Waals surface area contributed by atoms with Crippen molar-refractivity contribution < 1.29 is 33.7 Å². The number of epoxide rings is 1. The lowest BCUT2D eigenvalue weighted by molar-refractivity contribution is -0.152. The van der Waals surface area contributed by atoms with Crippen molar-refractivity contribution >= 4 is 17.7 Å². The SMILES string of the molecule is C=C1C(=O)O[C@@H]2C[C@@]3(C)O[C@H]3CC(=O)C(=C)[C@@H](OC(=O)/C(C)=C\C)[C@H](O)[C@@H]12. The van der Waals surface area contributed by atoms with Crippen LogP contribution in [0, 0.1) is 5.92 Å². The van der Waals surface area contributed by atoms with E-state index in [0.29, 0.717) is 12.0 Å². The summed E-state index contributed by atoms with van der Waals surface area (Å²) in [5, 5.41) is 11.0. The molecule has 2 saturated heterocycles. The topological polar surface area (TPSA) is 102 Å². The molecule has 0 radical (unpaired) electrons. The minimum absolute atomic E-state index is 0.0367. The van der Waals surface area contributed by atoms with Crippen molar-refractivity contribution in [3.05, 3.63) is 36.0 Å². The van der Waals surface area contributed by atoms with Gasteiger partial charge in [-0.2, -0.15) is 0 Å². The fourth-order valence-electron chi connectivity index (χ4n) is 3.69. The number of aliphatic hydroxyl groups is 1. The number of esters is 2. The van der Waals surface area contributed by atoms with Gasteiger partial charge in [-0.15, -0.1) is 0 Å². The number of aliphatic hydroxyl groups excluding tert-OH is 1. The first-order valence-corrected chi connectivity index (χ1v) is 8.90. The van der Waals surface area contributed by atoms with Crippen molar-refractivity contribution in [3.8, 4) is 0 Å². The minimum atomic E-state index is -1.39. The maximum absolute atomic E-state index is 12.6. The highest BCUT2D eigenvalue weighted by atomic mass is 16.6. The quantitative estimate of drug-likeness (QED) is 0.441. The fourth-order valence-corrected chi connectivity index (χ4v) is 3.69. The maximum atomic E-state index is 12.6. The lowest BCUT2D eigenvalue weighted by Gasteiger charge is -2.31. The lowest BCUT2D eigenvalue weighted by Crippen LogP contribution is -2.45. The van der Waals surface area contributed by atoms with Crippen molar-refractivity contribution in [2.24, 2.45) is 5.92 Å². The fraction of sp³-hybridized carbons (Fsp3) is 0.550.